The molecule has 0 saturated heterocycles. The van der Waals surface area contributed by atoms with Gasteiger partial charge in [-0.15, -0.1) is 0 Å². The quantitative estimate of drug-likeness (QED) is 0.769. The number of rotatable bonds is 7. The first-order valence-electron chi connectivity index (χ1n) is 6.62. The molecule has 1 heterocycles. The zero-order valence-electron chi connectivity index (χ0n) is 11.3. The molecule has 0 fully saturated rings. The minimum absolute atomic E-state index is 0.972. The summed E-state index contributed by atoms with van der Waals surface area (Å²) in [6, 6.07) is 9.01. The topological polar surface area (TPSA) is 17.0 Å². The third kappa shape index (κ3) is 3.30. The van der Waals surface area contributed by atoms with Crippen LogP contribution in [0.2, 0.25) is 0 Å². The number of nitrogens with one attached hydrogen (secondary N) is 1. The zero-order chi connectivity index (χ0) is 12.8. The van der Waals surface area contributed by atoms with Crippen LogP contribution >= 0.6 is 11.8 Å². The number of hydrogen-bond acceptors (Lipinski definition) is 2. The molecule has 0 radical (unpaired) electrons. The van der Waals surface area contributed by atoms with Gasteiger partial charge in [0.05, 0.1) is 0 Å². The van der Waals surface area contributed by atoms with Crippen molar-refractivity contribution in [3.8, 4) is 0 Å². The highest BCUT2D eigenvalue weighted by molar-refractivity contribution is 7.98. The summed E-state index contributed by atoms with van der Waals surface area (Å²) >= 11 is 1.89. The lowest BCUT2D eigenvalue weighted by atomic mass is 10.1. The van der Waals surface area contributed by atoms with Crippen molar-refractivity contribution in [2.75, 3.05) is 18.6 Å². The maximum absolute atomic E-state index is 3.45. The van der Waals surface area contributed by atoms with E-state index in [-0.39, 0.29) is 0 Å². The van der Waals surface area contributed by atoms with E-state index < -0.39 is 0 Å². The SMILES string of the molecule is CCCNCc1ccc2c(ccn2CCSC)c1. The minimum Gasteiger partial charge on any atom is -0.347 e. The summed E-state index contributed by atoms with van der Waals surface area (Å²) in [5.41, 5.74) is 2.72. The molecular weight excluding hydrogens is 240 g/mol. The molecule has 0 amide bonds. The Labute approximate surface area is 114 Å². The van der Waals surface area contributed by atoms with Gasteiger partial charge in [-0.2, -0.15) is 11.8 Å². The van der Waals surface area contributed by atoms with E-state index in [4.69, 9.17) is 0 Å². The standard InChI is InChI=1S/C15H22N2S/c1-3-7-16-12-13-4-5-15-14(11-13)6-8-17(15)9-10-18-2/h4-6,8,11,16H,3,7,9-10,12H2,1-2H3. The van der Waals surface area contributed by atoms with Crippen LogP contribution in [0.3, 0.4) is 0 Å². The van der Waals surface area contributed by atoms with Crippen molar-refractivity contribution in [3.63, 3.8) is 0 Å². The molecule has 1 aromatic carbocycles. The Kier molecular flexibility index (Phi) is 5.14. The summed E-state index contributed by atoms with van der Waals surface area (Å²) in [6.07, 6.45) is 5.54. The highest BCUT2D eigenvalue weighted by Gasteiger charge is 2.01. The largest absolute Gasteiger partial charge is 0.347 e. The molecule has 0 aliphatic carbocycles. The normalized spacial score (nSPS) is 11.2. The predicted octanol–water partition coefficient (Wildman–Crippen LogP) is 3.50. The van der Waals surface area contributed by atoms with Crippen molar-refractivity contribution in [3.05, 3.63) is 36.0 Å². The van der Waals surface area contributed by atoms with E-state index in [2.05, 4.69) is 53.5 Å². The highest BCUT2D eigenvalue weighted by atomic mass is 32.2. The van der Waals surface area contributed by atoms with Gasteiger partial charge in [-0.05, 0) is 48.4 Å². The molecule has 98 valence electrons. The Morgan fingerprint density at radius 1 is 1.28 bits per heavy atom. The summed E-state index contributed by atoms with van der Waals surface area (Å²) in [5.74, 6) is 1.17. The van der Waals surface area contributed by atoms with Gasteiger partial charge in [0.15, 0.2) is 0 Å². The fourth-order valence-corrected chi connectivity index (χ4v) is 2.53. The summed E-state index contributed by atoms with van der Waals surface area (Å²) in [6.45, 7) is 5.35. The third-order valence-corrected chi connectivity index (χ3v) is 3.72. The van der Waals surface area contributed by atoms with E-state index in [1.165, 1.54) is 28.6 Å². The molecular formula is C15H22N2S. The van der Waals surface area contributed by atoms with Crippen LogP contribution in [0, 0.1) is 0 Å². The van der Waals surface area contributed by atoms with Gasteiger partial charge in [-0.25, -0.2) is 0 Å². The lowest BCUT2D eigenvalue weighted by Gasteiger charge is -2.06. The van der Waals surface area contributed by atoms with Gasteiger partial charge in [0, 0.05) is 30.6 Å². The van der Waals surface area contributed by atoms with E-state index in [9.17, 15) is 0 Å². The van der Waals surface area contributed by atoms with E-state index in [1.54, 1.807) is 0 Å². The fourth-order valence-electron chi connectivity index (χ4n) is 2.15. The minimum atomic E-state index is 0.972. The Bertz CT molecular complexity index is 490. The first-order valence-corrected chi connectivity index (χ1v) is 8.02. The first kappa shape index (κ1) is 13.5. The molecule has 2 aromatic rings. The number of aryl methyl sites for hydroxylation is 1. The van der Waals surface area contributed by atoms with Gasteiger partial charge in [-0.3, -0.25) is 0 Å². The molecule has 1 aromatic heterocycles. The maximum Gasteiger partial charge on any atom is 0.0480 e. The van der Waals surface area contributed by atoms with Crippen LogP contribution in [0.25, 0.3) is 10.9 Å². The van der Waals surface area contributed by atoms with Gasteiger partial charge in [0.2, 0.25) is 0 Å². The first-order chi connectivity index (χ1) is 8.85. The number of aromatic nitrogens is 1. The second kappa shape index (κ2) is 6.86. The molecule has 1 N–H and O–H groups in total. The molecule has 0 spiro atoms. The van der Waals surface area contributed by atoms with Gasteiger partial charge in [0.1, 0.15) is 0 Å². The number of thioether (sulfide) groups is 1. The van der Waals surface area contributed by atoms with Crippen LogP contribution in [0.4, 0.5) is 0 Å². The predicted molar refractivity (Wildman–Crippen MR) is 82.3 cm³/mol. The van der Waals surface area contributed by atoms with Gasteiger partial charge >= 0.3 is 0 Å². The average Bonchev–Trinajstić information content (AvgIpc) is 2.79. The maximum atomic E-state index is 3.45. The Hall–Kier alpha value is -0.930. The number of fused-ring (bicyclic) bond motifs is 1. The monoisotopic (exact) mass is 262 g/mol. The molecule has 3 heteroatoms. The van der Waals surface area contributed by atoms with E-state index >= 15 is 0 Å². The Morgan fingerprint density at radius 3 is 2.94 bits per heavy atom. The van der Waals surface area contributed by atoms with Gasteiger partial charge in [0.25, 0.3) is 0 Å². The molecule has 0 aliphatic heterocycles. The van der Waals surface area contributed by atoms with Crippen molar-refractivity contribution in [2.45, 2.75) is 26.4 Å². The summed E-state index contributed by atoms with van der Waals surface area (Å²) in [5, 5.41) is 4.80. The highest BCUT2D eigenvalue weighted by Crippen LogP contribution is 2.18. The van der Waals surface area contributed by atoms with Crippen LogP contribution in [0.1, 0.15) is 18.9 Å². The summed E-state index contributed by atoms with van der Waals surface area (Å²) < 4.78 is 2.34. The van der Waals surface area contributed by atoms with Crippen molar-refractivity contribution in [2.24, 2.45) is 0 Å². The van der Waals surface area contributed by atoms with Crippen LogP contribution in [-0.4, -0.2) is 23.1 Å². The molecule has 0 atom stereocenters. The van der Waals surface area contributed by atoms with Crippen LogP contribution in [0.15, 0.2) is 30.5 Å². The number of benzene rings is 1. The molecule has 0 bridgehead atoms. The molecule has 2 rings (SSSR count). The van der Waals surface area contributed by atoms with E-state index in [0.717, 1.165) is 19.6 Å². The van der Waals surface area contributed by atoms with Crippen molar-refractivity contribution in [1.29, 1.82) is 0 Å². The number of nitrogens with zero attached hydrogens (tertiary/aromatic N) is 1. The zero-order valence-corrected chi connectivity index (χ0v) is 12.1. The Morgan fingerprint density at radius 2 is 2.17 bits per heavy atom. The number of hydrogen-bond donors (Lipinski definition) is 1. The molecule has 0 unspecified atom stereocenters. The molecule has 0 aliphatic rings. The average molecular weight is 262 g/mol. The van der Waals surface area contributed by atoms with Gasteiger partial charge < -0.3 is 9.88 Å². The summed E-state index contributed by atoms with van der Waals surface area (Å²) in [4.78, 5) is 0. The third-order valence-electron chi connectivity index (χ3n) is 3.13. The summed E-state index contributed by atoms with van der Waals surface area (Å²) in [7, 11) is 0. The van der Waals surface area contributed by atoms with E-state index in [1.807, 2.05) is 11.8 Å². The molecule has 18 heavy (non-hydrogen) atoms. The van der Waals surface area contributed by atoms with Crippen molar-refractivity contribution < 1.29 is 0 Å². The molecule has 2 nitrogen and oxygen atoms in total. The van der Waals surface area contributed by atoms with Crippen LogP contribution in [-0.2, 0) is 13.1 Å². The van der Waals surface area contributed by atoms with Gasteiger partial charge in [-0.1, -0.05) is 13.0 Å². The fraction of sp³-hybridized carbons (Fsp3) is 0.467. The second-order valence-electron chi connectivity index (χ2n) is 4.57. The molecule has 0 saturated carbocycles. The van der Waals surface area contributed by atoms with Crippen molar-refractivity contribution >= 4 is 22.7 Å². The lowest BCUT2D eigenvalue weighted by Crippen LogP contribution is -2.13. The smallest absolute Gasteiger partial charge is 0.0480 e. The Balaban J connectivity index is 2.10. The van der Waals surface area contributed by atoms with Crippen LogP contribution < -0.4 is 5.32 Å². The second-order valence-corrected chi connectivity index (χ2v) is 5.56. The lowest BCUT2D eigenvalue weighted by molar-refractivity contribution is 0.676. The van der Waals surface area contributed by atoms with Crippen molar-refractivity contribution in [1.82, 2.24) is 9.88 Å². The van der Waals surface area contributed by atoms with Crippen LogP contribution in [0.5, 0.6) is 0 Å². The van der Waals surface area contributed by atoms with E-state index in [0.29, 0.717) is 0 Å².